The number of quaternary nitrogens is 1. The number of phenolic OH excluding ortho intramolecular Hbond substituents is 1. The van der Waals surface area contributed by atoms with Crippen molar-refractivity contribution in [2.45, 2.75) is 18.9 Å². The van der Waals surface area contributed by atoms with E-state index in [4.69, 9.17) is 0 Å². The van der Waals surface area contributed by atoms with E-state index >= 15 is 0 Å². The zero-order chi connectivity index (χ0) is 13.0. The molecule has 1 aliphatic carbocycles. The van der Waals surface area contributed by atoms with Gasteiger partial charge in [-0.2, -0.15) is 0 Å². The van der Waals surface area contributed by atoms with Crippen LogP contribution in [0.25, 0.3) is 11.1 Å². The van der Waals surface area contributed by atoms with Crippen molar-refractivity contribution in [3.63, 3.8) is 0 Å². The van der Waals surface area contributed by atoms with E-state index in [1.807, 2.05) is 6.07 Å². The Balaban J connectivity index is 2.05. The molecule has 2 N–H and O–H groups in total. The van der Waals surface area contributed by atoms with Gasteiger partial charge in [-0.1, -0.05) is 30.3 Å². The van der Waals surface area contributed by atoms with Gasteiger partial charge in [0.25, 0.3) is 0 Å². The number of hydrogen-bond acceptors (Lipinski definition) is 1. The highest BCUT2D eigenvalue weighted by molar-refractivity contribution is 5.79. The maximum Gasteiger partial charge on any atom is 0.123 e. The minimum atomic E-state index is 0.424. The van der Waals surface area contributed by atoms with Gasteiger partial charge in [-0.3, -0.25) is 0 Å². The normalized spacial score (nSPS) is 23.6. The van der Waals surface area contributed by atoms with E-state index in [-0.39, 0.29) is 0 Å². The van der Waals surface area contributed by atoms with E-state index in [1.54, 1.807) is 11.0 Å². The van der Waals surface area contributed by atoms with Crippen LogP contribution in [0, 0.1) is 0 Å². The molecule has 0 saturated heterocycles. The van der Waals surface area contributed by atoms with Crippen LogP contribution in [-0.4, -0.2) is 18.7 Å². The van der Waals surface area contributed by atoms with Crippen LogP contribution in [-0.2, 0) is 12.8 Å². The molecule has 4 rings (SSSR count). The second-order valence-corrected chi connectivity index (χ2v) is 5.79. The minimum absolute atomic E-state index is 0.424. The Labute approximate surface area is 113 Å². The molecule has 2 aromatic rings. The zero-order valence-corrected chi connectivity index (χ0v) is 11.1. The van der Waals surface area contributed by atoms with E-state index in [2.05, 4.69) is 31.3 Å². The third kappa shape index (κ3) is 1.47. The maximum absolute atomic E-state index is 10.2. The number of aromatic hydroxyl groups is 1. The lowest BCUT2D eigenvalue weighted by atomic mass is 9.77. The van der Waals surface area contributed by atoms with Crippen LogP contribution in [0.15, 0.2) is 36.4 Å². The molecule has 0 spiro atoms. The van der Waals surface area contributed by atoms with Gasteiger partial charge in [0, 0.05) is 24.0 Å². The fourth-order valence-electron chi connectivity index (χ4n) is 3.78. The molecule has 2 unspecified atom stereocenters. The molecule has 2 atom stereocenters. The molecule has 0 fully saturated rings. The number of phenols is 1. The number of hydrogen-bond donors (Lipinski definition) is 2. The average Bonchev–Trinajstić information content (AvgIpc) is 2.43. The average molecular weight is 252 g/mol. The summed E-state index contributed by atoms with van der Waals surface area (Å²) in [7, 11) is 2.29. The summed E-state index contributed by atoms with van der Waals surface area (Å²) in [5, 5.41) is 10.2. The minimum Gasteiger partial charge on any atom is -0.507 e. The molecule has 2 heteroatoms. The lowest BCUT2D eigenvalue weighted by Gasteiger charge is -2.37. The van der Waals surface area contributed by atoms with Gasteiger partial charge in [0.05, 0.1) is 13.6 Å². The molecular formula is C17H18NO+. The molecule has 1 aliphatic heterocycles. The molecule has 0 bridgehead atoms. The Hall–Kier alpha value is -1.80. The van der Waals surface area contributed by atoms with Crippen molar-refractivity contribution < 1.29 is 10.0 Å². The summed E-state index contributed by atoms with van der Waals surface area (Å²) in [6.45, 7) is 1.20. The van der Waals surface area contributed by atoms with E-state index < -0.39 is 0 Å². The maximum atomic E-state index is 10.2. The lowest BCUT2D eigenvalue weighted by Crippen LogP contribution is -3.10. The molecule has 2 nitrogen and oxygen atoms in total. The van der Waals surface area contributed by atoms with Crippen LogP contribution >= 0.6 is 0 Å². The largest absolute Gasteiger partial charge is 0.507 e. The molecule has 0 aromatic heterocycles. The van der Waals surface area contributed by atoms with Gasteiger partial charge in [0.15, 0.2) is 0 Å². The third-order valence-electron chi connectivity index (χ3n) is 4.75. The first-order valence-electron chi connectivity index (χ1n) is 7.01. The number of rotatable bonds is 0. The van der Waals surface area contributed by atoms with Crippen molar-refractivity contribution in [2.24, 2.45) is 0 Å². The first-order chi connectivity index (χ1) is 9.25. The van der Waals surface area contributed by atoms with Gasteiger partial charge in [-0.15, -0.1) is 0 Å². The quantitative estimate of drug-likeness (QED) is 0.733. The number of nitrogens with one attached hydrogen (secondary N) is 1. The zero-order valence-electron chi connectivity index (χ0n) is 11.1. The Morgan fingerprint density at radius 3 is 2.79 bits per heavy atom. The highest BCUT2D eigenvalue weighted by atomic mass is 16.3. The van der Waals surface area contributed by atoms with Crippen molar-refractivity contribution in [3.8, 4) is 16.9 Å². The molecule has 19 heavy (non-hydrogen) atoms. The second-order valence-electron chi connectivity index (χ2n) is 5.79. The monoisotopic (exact) mass is 252 g/mol. The van der Waals surface area contributed by atoms with Gasteiger partial charge in [0.1, 0.15) is 11.8 Å². The molecule has 0 amide bonds. The van der Waals surface area contributed by atoms with E-state index in [1.165, 1.54) is 28.8 Å². The molecule has 2 aromatic carbocycles. The molecular weight excluding hydrogens is 234 g/mol. The van der Waals surface area contributed by atoms with Crippen LogP contribution in [0.4, 0.5) is 0 Å². The van der Waals surface area contributed by atoms with Crippen molar-refractivity contribution >= 4 is 0 Å². The highest BCUT2D eigenvalue weighted by Gasteiger charge is 2.36. The van der Waals surface area contributed by atoms with Gasteiger partial charge in [-0.05, 0) is 22.8 Å². The van der Waals surface area contributed by atoms with E-state index in [0.717, 1.165) is 18.4 Å². The molecule has 2 aliphatic rings. The number of fused-ring (bicyclic) bond motifs is 2. The van der Waals surface area contributed by atoms with Crippen LogP contribution in [0.3, 0.4) is 0 Å². The van der Waals surface area contributed by atoms with Gasteiger partial charge >= 0.3 is 0 Å². The summed E-state index contributed by atoms with van der Waals surface area (Å²) in [6, 6.07) is 13.0. The molecule has 96 valence electrons. The first-order valence-corrected chi connectivity index (χ1v) is 7.01. The Bertz CT molecular complexity index is 662. The van der Waals surface area contributed by atoms with Crippen LogP contribution in [0.5, 0.6) is 5.75 Å². The summed E-state index contributed by atoms with van der Waals surface area (Å²) < 4.78 is 0. The summed E-state index contributed by atoms with van der Waals surface area (Å²) in [5.74, 6) is 0.424. The van der Waals surface area contributed by atoms with Gasteiger partial charge < -0.3 is 10.0 Å². The predicted octanol–water partition coefficient (Wildman–Crippen LogP) is 1.73. The van der Waals surface area contributed by atoms with Crippen LogP contribution in [0.1, 0.15) is 22.7 Å². The van der Waals surface area contributed by atoms with Crippen molar-refractivity contribution in [2.75, 3.05) is 13.6 Å². The Kier molecular flexibility index (Phi) is 2.24. The third-order valence-corrected chi connectivity index (χ3v) is 4.75. The Morgan fingerprint density at radius 1 is 1.11 bits per heavy atom. The Morgan fingerprint density at radius 2 is 1.89 bits per heavy atom. The second kappa shape index (κ2) is 3.84. The number of benzene rings is 2. The fourth-order valence-corrected chi connectivity index (χ4v) is 3.78. The first kappa shape index (κ1) is 11.1. The van der Waals surface area contributed by atoms with E-state index in [9.17, 15) is 5.11 Å². The van der Waals surface area contributed by atoms with Gasteiger partial charge in [0.2, 0.25) is 0 Å². The highest BCUT2D eigenvalue weighted by Crippen LogP contribution is 2.44. The fraction of sp³-hybridized carbons (Fsp3) is 0.294. The summed E-state index contributed by atoms with van der Waals surface area (Å²) in [5.41, 5.74) is 6.55. The smallest absolute Gasteiger partial charge is 0.123 e. The summed E-state index contributed by atoms with van der Waals surface area (Å²) in [4.78, 5) is 1.59. The molecule has 1 heterocycles. The summed E-state index contributed by atoms with van der Waals surface area (Å²) >= 11 is 0. The molecule has 0 saturated carbocycles. The topological polar surface area (TPSA) is 24.7 Å². The van der Waals surface area contributed by atoms with Crippen molar-refractivity contribution in [1.82, 2.24) is 0 Å². The number of likely N-dealkylation sites (N-methyl/N-ethyl adjacent to an activating group) is 1. The lowest BCUT2D eigenvalue weighted by molar-refractivity contribution is -0.914. The van der Waals surface area contributed by atoms with Crippen molar-refractivity contribution in [1.29, 1.82) is 0 Å². The van der Waals surface area contributed by atoms with E-state index in [0.29, 0.717) is 11.8 Å². The SMILES string of the molecule is C[NH+]1CCc2cccc3c2C1Cc1cccc(O)c1-3. The summed E-state index contributed by atoms with van der Waals surface area (Å²) in [6.07, 6.45) is 2.19. The predicted molar refractivity (Wildman–Crippen MR) is 75.4 cm³/mol. The van der Waals surface area contributed by atoms with Gasteiger partial charge in [-0.25, -0.2) is 0 Å². The standard InChI is InChI=1S/C17H17NO/c1-18-9-8-11-4-2-6-13-16(11)14(18)10-12-5-3-7-15(19)17(12)13/h2-7,14,19H,8-10H2,1H3/p+1. The van der Waals surface area contributed by atoms with Crippen LogP contribution < -0.4 is 4.90 Å². The van der Waals surface area contributed by atoms with Crippen LogP contribution in [0.2, 0.25) is 0 Å². The van der Waals surface area contributed by atoms with Crippen molar-refractivity contribution in [3.05, 3.63) is 53.1 Å². The molecule has 0 radical (unpaired) electrons.